The zero-order valence-corrected chi connectivity index (χ0v) is 18.0. The van der Waals surface area contributed by atoms with E-state index in [0.717, 1.165) is 4.90 Å². The molecule has 5 nitrogen and oxygen atoms in total. The Bertz CT molecular complexity index is 645. The molecule has 3 rings (SSSR count). The molecule has 7 heteroatoms. The summed E-state index contributed by atoms with van der Waals surface area (Å²) in [5.41, 5.74) is -0.317. The number of thioether (sulfide) groups is 1. The molecule has 26 heavy (non-hydrogen) atoms. The van der Waals surface area contributed by atoms with Crippen LogP contribution >= 0.6 is 11.8 Å². The molecule has 2 heterocycles. The van der Waals surface area contributed by atoms with E-state index in [-0.39, 0.29) is 22.7 Å². The summed E-state index contributed by atoms with van der Waals surface area (Å²) in [6.07, 6.45) is -2.07. The SMILES string of the molecule is C[C@@H]1O[C@@H](Sc2ccccc2)[C@@H]2OC(=O)O[C@@H]2[C@H]1O[Si](C)(C)C(C)(C)C. The van der Waals surface area contributed by atoms with Gasteiger partial charge in [0, 0.05) is 4.90 Å². The lowest BCUT2D eigenvalue weighted by Gasteiger charge is -2.45. The quantitative estimate of drug-likeness (QED) is 0.537. The summed E-state index contributed by atoms with van der Waals surface area (Å²) in [5.74, 6) is 0. The molecule has 0 aromatic heterocycles. The third-order valence-electron chi connectivity index (χ3n) is 5.42. The van der Waals surface area contributed by atoms with E-state index in [9.17, 15) is 4.79 Å². The van der Waals surface area contributed by atoms with E-state index in [1.54, 1.807) is 11.8 Å². The normalized spacial score (nSPS) is 31.9. The molecule has 0 spiro atoms. The number of carbonyl (C=O) groups excluding carboxylic acids is 1. The number of rotatable bonds is 4. The number of fused-ring (bicyclic) bond motifs is 1. The Morgan fingerprint density at radius 1 is 1.08 bits per heavy atom. The minimum atomic E-state index is -2.05. The van der Waals surface area contributed by atoms with Gasteiger partial charge in [0.1, 0.15) is 11.5 Å². The average molecular weight is 397 g/mol. The summed E-state index contributed by atoms with van der Waals surface area (Å²) in [6, 6.07) is 9.96. The largest absolute Gasteiger partial charge is 0.509 e. The third-order valence-corrected chi connectivity index (χ3v) is 11.1. The van der Waals surface area contributed by atoms with Gasteiger partial charge in [0.2, 0.25) is 0 Å². The Kier molecular flexibility index (Phi) is 5.45. The zero-order valence-electron chi connectivity index (χ0n) is 16.2. The van der Waals surface area contributed by atoms with Crippen LogP contribution in [0.5, 0.6) is 0 Å². The van der Waals surface area contributed by atoms with E-state index in [1.165, 1.54) is 0 Å². The number of ether oxygens (including phenoxy) is 3. The van der Waals surface area contributed by atoms with Crippen LogP contribution < -0.4 is 0 Å². The maximum Gasteiger partial charge on any atom is 0.509 e. The minimum Gasteiger partial charge on any atom is -0.424 e. The molecule has 5 atom stereocenters. The fourth-order valence-electron chi connectivity index (χ4n) is 2.89. The topological polar surface area (TPSA) is 54.0 Å². The van der Waals surface area contributed by atoms with Crippen LogP contribution in [0.1, 0.15) is 27.7 Å². The predicted octanol–water partition coefficient (Wildman–Crippen LogP) is 4.82. The van der Waals surface area contributed by atoms with Gasteiger partial charge in [-0.3, -0.25) is 0 Å². The van der Waals surface area contributed by atoms with Gasteiger partial charge in [-0.25, -0.2) is 4.79 Å². The lowest BCUT2D eigenvalue weighted by Crippen LogP contribution is -2.59. The van der Waals surface area contributed by atoms with Gasteiger partial charge < -0.3 is 18.6 Å². The van der Waals surface area contributed by atoms with E-state index < -0.39 is 26.7 Å². The molecule has 0 aliphatic carbocycles. The Morgan fingerprint density at radius 3 is 2.31 bits per heavy atom. The van der Waals surface area contributed by atoms with E-state index in [4.69, 9.17) is 18.6 Å². The molecular formula is C19H28O5SSi. The molecule has 1 aromatic rings. The minimum absolute atomic E-state index is 0.0569. The van der Waals surface area contributed by atoms with Gasteiger partial charge in [-0.1, -0.05) is 50.7 Å². The summed E-state index contributed by atoms with van der Waals surface area (Å²) < 4.78 is 23.8. The van der Waals surface area contributed by atoms with Crippen LogP contribution in [0.4, 0.5) is 4.79 Å². The molecule has 2 saturated heterocycles. The van der Waals surface area contributed by atoms with Gasteiger partial charge in [-0.15, -0.1) is 0 Å². The van der Waals surface area contributed by atoms with Crippen molar-refractivity contribution in [2.75, 3.05) is 0 Å². The lowest BCUT2D eigenvalue weighted by atomic mass is 10.0. The first-order valence-corrected chi connectivity index (χ1v) is 12.8. The molecule has 2 aliphatic heterocycles. The smallest absolute Gasteiger partial charge is 0.424 e. The second kappa shape index (κ2) is 7.18. The van der Waals surface area contributed by atoms with E-state index in [1.807, 2.05) is 37.3 Å². The fraction of sp³-hybridized carbons (Fsp3) is 0.632. The molecule has 0 saturated carbocycles. The van der Waals surface area contributed by atoms with Gasteiger partial charge in [-0.05, 0) is 37.2 Å². The Morgan fingerprint density at radius 2 is 1.69 bits per heavy atom. The number of carbonyl (C=O) groups is 1. The van der Waals surface area contributed by atoms with Crippen LogP contribution in [-0.2, 0) is 18.6 Å². The van der Waals surface area contributed by atoms with Crippen molar-refractivity contribution in [3.63, 3.8) is 0 Å². The lowest BCUT2D eigenvalue weighted by molar-refractivity contribution is -0.147. The van der Waals surface area contributed by atoms with E-state index in [0.29, 0.717) is 0 Å². The van der Waals surface area contributed by atoms with Crippen LogP contribution in [0.2, 0.25) is 18.1 Å². The van der Waals surface area contributed by atoms with Crippen LogP contribution in [-0.4, -0.2) is 44.3 Å². The van der Waals surface area contributed by atoms with Crippen LogP contribution in [0, 0.1) is 0 Å². The molecule has 1 aromatic carbocycles. The summed E-state index contributed by atoms with van der Waals surface area (Å²) >= 11 is 1.55. The van der Waals surface area contributed by atoms with Crippen molar-refractivity contribution in [2.24, 2.45) is 0 Å². The monoisotopic (exact) mass is 396 g/mol. The Labute approximate surface area is 160 Å². The van der Waals surface area contributed by atoms with Crippen molar-refractivity contribution in [3.05, 3.63) is 30.3 Å². The van der Waals surface area contributed by atoms with E-state index in [2.05, 4.69) is 33.9 Å². The average Bonchev–Trinajstić information content (AvgIpc) is 2.93. The second-order valence-electron chi connectivity index (χ2n) is 8.40. The maximum atomic E-state index is 11.9. The van der Waals surface area contributed by atoms with Crippen molar-refractivity contribution >= 4 is 26.2 Å². The molecular weight excluding hydrogens is 368 g/mol. The van der Waals surface area contributed by atoms with Gasteiger partial charge in [0.05, 0.1) is 6.10 Å². The van der Waals surface area contributed by atoms with Crippen LogP contribution in [0.3, 0.4) is 0 Å². The van der Waals surface area contributed by atoms with Gasteiger partial charge >= 0.3 is 6.16 Å². The first kappa shape index (κ1) is 19.7. The maximum absolute atomic E-state index is 11.9. The summed E-state index contributed by atoms with van der Waals surface area (Å²) in [4.78, 5) is 12.9. The van der Waals surface area contributed by atoms with Crippen molar-refractivity contribution in [1.82, 2.24) is 0 Å². The van der Waals surface area contributed by atoms with Crippen molar-refractivity contribution in [3.8, 4) is 0 Å². The predicted molar refractivity (Wildman–Crippen MR) is 104 cm³/mol. The van der Waals surface area contributed by atoms with E-state index >= 15 is 0 Å². The fourth-order valence-corrected chi connectivity index (χ4v) is 5.41. The first-order chi connectivity index (χ1) is 12.1. The molecule has 0 unspecified atom stereocenters. The van der Waals surface area contributed by atoms with Gasteiger partial charge in [0.25, 0.3) is 0 Å². The molecule has 0 radical (unpaired) electrons. The second-order valence-corrected chi connectivity index (χ2v) is 14.3. The number of benzene rings is 1. The Balaban J connectivity index is 1.80. The highest BCUT2D eigenvalue weighted by molar-refractivity contribution is 7.99. The molecule has 2 aliphatic rings. The first-order valence-electron chi connectivity index (χ1n) is 9.01. The molecule has 0 N–H and O–H groups in total. The highest BCUT2D eigenvalue weighted by atomic mass is 32.2. The van der Waals surface area contributed by atoms with Crippen molar-refractivity contribution in [2.45, 2.75) is 80.6 Å². The summed E-state index contributed by atoms with van der Waals surface area (Å²) in [5, 5.41) is 0.0569. The molecule has 144 valence electrons. The highest BCUT2D eigenvalue weighted by Gasteiger charge is 2.56. The van der Waals surface area contributed by atoms with Crippen LogP contribution in [0.15, 0.2) is 35.2 Å². The zero-order chi connectivity index (χ0) is 19.1. The van der Waals surface area contributed by atoms with Gasteiger partial charge in [0.15, 0.2) is 20.5 Å². The molecule has 0 bridgehead atoms. The van der Waals surface area contributed by atoms with Gasteiger partial charge in [-0.2, -0.15) is 0 Å². The standard InChI is InChI=1S/C19H28O5SSi/c1-12-14(24-26(5,6)19(2,3)4)15-16(23-18(20)22-15)17(21-12)25-13-10-8-7-9-11-13/h7-12,14-17H,1-6H3/t12-,14-,15+,16+,17-/m0/s1. The summed E-state index contributed by atoms with van der Waals surface area (Å²) in [7, 11) is -2.05. The van der Waals surface area contributed by atoms with Crippen LogP contribution in [0.25, 0.3) is 0 Å². The number of hydrogen-bond acceptors (Lipinski definition) is 6. The molecule has 0 amide bonds. The van der Waals surface area contributed by atoms with Crippen molar-refractivity contribution in [1.29, 1.82) is 0 Å². The highest BCUT2D eigenvalue weighted by Crippen LogP contribution is 2.43. The third kappa shape index (κ3) is 3.95. The molecule has 2 fully saturated rings. The number of hydrogen-bond donors (Lipinski definition) is 0. The van der Waals surface area contributed by atoms with Crippen molar-refractivity contribution < 1.29 is 23.4 Å². The summed E-state index contributed by atoms with van der Waals surface area (Å²) in [6.45, 7) is 12.9. The Hall–Kier alpha value is -1.02.